The van der Waals surface area contributed by atoms with Gasteiger partial charge in [0.2, 0.25) is 0 Å². The Morgan fingerprint density at radius 3 is 2.83 bits per heavy atom. The molecule has 0 saturated carbocycles. The highest BCUT2D eigenvalue weighted by molar-refractivity contribution is 6.30. The van der Waals surface area contributed by atoms with E-state index in [-0.39, 0.29) is 5.91 Å². The molecule has 0 spiro atoms. The summed E-state index contributed by atoms with van der Waals surface area (Å²) in [5.41, 5.74) is 0. The van der Waals surface area contributed by atoms with Crippen LogP contribution in [0.3, 0.4) is 0 Å². The van der Waals surface area contributed by atoms with E-state index in [0.29, 0.717) is 10.8 Å². The van der Waals surface area contributed by atoms with E-state index in [2.05, 4.69) is 5.32 Å². The number of carbonyl (C=O) groups is 1. The molecule has 0 aromatic heterocycles. The molecular formula is C13H17ClN2O2. The average Bonchev–Trinajstić information content (AvgIpc) is 2.39. The number of piperazine rings is 1. The molecular weight excluding hydrogens is 252 g/mol. The first-order valence-corrected chi connectivity index (χ1v) is 6.46. The molecule has 0 radical (unpaired) electrons. The van der Waals surface area contributed by atoms with Crippen LogP contribution in [0.1, 0.15) is 6.92 Å². The molecule has 1 heterocycles. The summed E-state index contributed by atoms with van der Waals surface area (Å²) in [5, 5.41) is 3.82. The third-order valence-electron chi connectivity index (χ3n) is 2.89. The summed E-state index contributed by atoms with van der Waals surface area (Å²) in [7, 11) is 0. The molecule has 1 aromatic rings. The molecule has 1 unspecified atom stereocenters. The zero-order valence-electron chi connectivity index (χ0n) is 10.4. The fourth-order valence-corrected chi connectivity index (χ4v) is 2.12. The highest BCUT2D eigenvalue weighted by Crippen LogP contribution is 2.18. The number of amides is 1. The van der Waals surface area contributed by atoms with E-state index in [9.17, 15) is 4.79 Å². The Kier molecular flexibility index (Phi) is 4.44. The maximum absolute atomic E-state index is 12.1. The van der Waals surface area contributed by atoms with Gasteiger partial charge in [0, 0.05) is 31.2 Å². The Balaban J connectivity index is 1.94. The molecule has 1 N–H and O–H groups in total. The Morgan fingerprint density at radius 1 is 1.44 bits per heavy atom. The van der Waals surface area contributed by atoms with Crippen LogP contribution in [-0.2, 0) is 4.79 Å². The predicted octanol–water partition coefficient (Wildman–Crippen LogP) is 1.54. The van der Waals surface area contributed by atoms with Crippen LogP contribution in [0.2, 0.25) is 5.02 Å². The van der Waals surface area contributed by atoms with Crippen LogP contribution in [0.25, 0.3) is 0 Å². The van der Waals surface area contributed by atoms with E-state index < -0.39 is 6.10 Å². The molecule has 18 heavy (non-hydrogen) atoms. The van der Waals surface area contributed by atoms with Gasteiger partial charge in [-0.2, -0.15) is 0 Å². The predicted molar refractivity (Wildman–Crippen MR) is 71.0 cm³/mol. The van der Waals surface area contributed by atoms with Crippen molar-refractivity contribution in [3.63, 3.8) is 0 Å². The normalized spacial score (nSPS) is 17.3. The van der Waals surface area contributed by atoms with Gasteiger partial charge in [-0.1, -0.05) is 17.7 Å². The fourth-order valence-electron chi connectivity index (χ4n) is 1.94. The zero-order chi connectivity index (χ0) is 13.0. The minimum absolute atomic E-state index is 0.0245. The van der Waals surface area contributed by atoms with Gasteiger partial charge in [0.1, 0.15) is 5.75 Å². The largest absolute Gasteiger partial charge is 0.481 e. The number of carbonyl (C=O) groups excluding carboxylic acids is 1. The van der Waals surface area contributed by atoms with Crippen LogP contribution in [0.4, 0.5) is 0 Å². The summed E-state index contributed by atoms with van der Waals surface area (Å²) in [5.74, 6) is 0.648. The van der Waals surface area contributed by atoms with Crippen molar-refractivity contribution < 1.29 is 9.53 Å². The maximum atomic E-state index is 12.1. The smallest absolute Gasteiger partial charge is 0.263 e. The quantitative estimate of drug-likeness (QED) is 0.904. The minimum atomic E-state index is -0.485. The number of benzene rings is 1. The van der Waals surface area contributed by atoms with Crippen LogP contribution in [0.15, 0.2) is 24.3 Å². The Morgan fingerprint density at radius 2 is 2.17 bits per heavy atom. The fraction of sp³-hybridized carbons (Fsp3) is 0.462. The first-order valence-electron chi connectivity index (χ1n) is 6.08. The lowest BCUT2D eigenvalue weighted by Crippen LogP contribution is -2.50. The van der Waals surface area contributed by atoms with Crippen LogP contribution in [0, 0.1) is 0 Å². The first kappa shape index (κ1) is 13.2. The second kappa shape index (κ2) is 6.07. The highest BCUT2D eigenvalue weighted by Gasteiger charge is 2.23. The van der Waals surface area contributed by atoms with Gasteiger partial charge in [0.25, 0.3) is 5.91 Å². The molecule has 1 fully saturated rings. The van der Waals surface area contributed by atoms with Gasteiger partial charge >= 0.3 is 0 Å². The Hall–Kier alpha value is -1.26. The van der Waals surface area contributed by atoms with E-state index in [4.69, 9.17) is 16.3 Å². The zero-order valence-corrected chi connectivity index (χ0v) is 11.1. The standard InChI is InChI=1S/C13H17ClN2O2/c1-10(13(17)16-7-5-15-6-8-16)18-12-4-2-3-11(14)9-12/h2-4,9-10,15H,5-8H2,1H3. The Labute approximate surface area is 112 Å². The second-order valence-electron chi connectivity index (χ2n) is 4.29. The molecule has 0 aliphatic carbocycles. The average molecular weight is 269 g/mol. The van der Waals surface area contributed by atoms with E-state index in [1.807, 2.05) is 4.90 Å². The van der Waals surface area contributed by atoms with E-state index in [1.165, 1.54) is 0 Å². The summed E-state index contributed by atoms with van der Waals surface area (Å²) in [6, 6.07) is 7.09. The molecule has 1 saturated heterocycles. The second-order valence-corrected chi connectivity index (χ2v) is 4.73. The van der Waals surface area contributed by atoms with Crippen molar-refractivity contribution in [2.75, 3.05) is 26.2 Å². The number of nitrogens with zero attached hydrogens (tertiary/aromatic N) is 1. The summed E-state index contributed by atoms with van der Waals surface area (Å²) in [4.78, 5) is 14.0. The Bertz CT molecular complexity index is 419. The van der Waals surface area contributed by atoms with Crippen molar-refractivity contribution >= 4 is 17.5 Å². The lowest BCUT2D eigenvalue weighted by Gasteiger charge is -2.29. The van der Waals surface area contributed by atoms with Crippen LogP contribution >= 0.6 is 11.6 Å². The highest BCUT2D eigenvalue weighted by atomic mass is 35.5. The molecule has 1 amide bonds. The summed E-state index contributed by atoms with van der Waals surface area (Å²) >= 11 is 5.87. The molecule has 98 valence electrons. The topological polar surface area (TPSA) is 41.6 Å². The van der Waals surface area contributed by atoms with E-state index in [1.54, 1.807) is 31.2 Å². The molecule has 4 nitrogen and oxygen atoms in total. The van der Waals surface area contributed by atoms with Gasteiger partial charge < -0.3 is 15.0 Å². The molecule has 1 atom stereocenters. The molecule has 1 aromatic carbocycles. The third kappa shape index (κ3) is 3.37. The van der Waals surface area contributed by atoms with Gasteiger partial charge in [-0.05, 0) is 25.1 Å². The number of hydrogen-bond donors (Lipinski definition) is 1. The van der Waals surface area contributed by atoms with Gasteiger partial charge in [-0.25, -0.2) is 0 Å². The molecule has 2 rings (SSSR count). The SMILES string of the molecule is CC(Oc1cccc(Cl)c1)C(=O)N1CCNCC1. The number of rotatable bonds is 3. The first-order chi connectivity index (χ1) is 8.66. The third-order valence-corrected chi connectivity index (χ3v) is 3.12. The van der Waals surface area contributed by atoms with Crippen molar-refractivity contribution in [2.24, 2.45) is 0 Å². The lowest BCUT2D eigenvalue weighted by molar-refractivity contribution is -0.138. The van der Waals surface area contributed by atoms with Crippen molar-refractivity contribution in [1.82, 2.24) is 10.2 Å². The molecule has 1 aliphatic heterocycles. The van der Waals surface area contributed by atoms with E-state index >= 15 is 0 Å². The van der Waals surface area contributed by atoms with Crippen molar-refractivity contribution in [3.05, 3.63) is 29.3 Å². The van der Waals surface area contributed by atoms with Gasteiger partial charge in [-0.15, -0.1) is 0 Å². The van der Waals surface area contributed by atoms with Gasteiger partial charge in [-0.3, -0.25) is 4.79 Å². The van der Waals surface area contributed by atoms with Crippen LogP contribution in [-0.4, -0.2) is 43.1 Å². The van der Waals surface area contributed by atoms with Crippen LogP contribution < -0.4 is 10.1 Å². The minimum Gasteiger partial charge on any atom is -0.481 e. The maximum Gasteiger partial charge on any atom is 0.263 e. The summed E-state index contributed by atoms with van der Waals surface area (Å²) in [6.45, 7) is 4.93. The molecule has 1 aliphatic rings. The molecule has 5 heteroatoms. The number of halogens is 1. The number of nitrogens with one attached hydrogen (secondary N) is 1. The summed E-state index contributed by atoms with van der Waals surface area (Å²) < 4.78 is 5.61. The van der Waals surface area contributed by atoms with Crippen molar-refractivity contribution in [3.8, 4) is 5.75 Å². The van der Waals surface area contributed by atoms with Crippen molar-refractivity contribution in [2.45, 2.75) is 13.0 Å². The number of hydrogen-bond acceptors (Lipinski definition) is 3. The van der Waals surface area contributed by atoms with E-state index in [0.717, 1.165) is 26.2 Å². The monoisotopic (exact) mass is 268 g/mol. The lowest BCUT2D eigenvalue weighted by atomic mass is 10.3. The molecule has 0 bridgehead atoms. The number of ether oxygens (including phenoxy) is 1. The summed E-state index contributed by atoms with van der Waals surface area (Å²) in [6.07, 6.45) is -0.485. The van der Waals surface area contributed by atoms with Crippen molar-refractivity contribution in [1.29, 1.82) is 0 Å². The van der Waals surface area contributed by atoms with Gasteiger partial charge in [0.05, 0.1) is 0 Å². The van der Waals surface area contributed by atoms with Gasteiger partial charge in [0.15, 0.2) is 6.10 Å². The van der Waals surface area contributed by atoms with Crippen LogP contribution in [0.5, 0.6) is 5.75 Å².